The molecule has 2 bridgehead atoms. The number of fused-ring (bicyclic) bond motifs is 2. The van der Waals surface area contributed by atoms with Gasteiger partial charge in [-0.15, -0.1) is 0 Å². The quantitative estimate of drug-likeness (QED) is 0.645. The van der Waals surface area contributed by atoms with Gasteiger partial charge in [-0.25, -0.2) is 4.73 Å². The summed E-state index contributed by atoms with van der Waals surface area (Å²) in [6.07, 6.45) is 4.22. The largest absolute Gasteiger partial charge is 0.711 e. The second-order valence-electron chi connectivity index (χ2n) is 6.28. The average Bonchev–Trinajstić information content (AvgIpc) is 2.78. The Morgan fingerprint density at radius 2 is 1.64 bits per heavy atom. The molecule has 0 spiro atoms. The van der Waals surface area contributed by atoms with Crippen LogP contribution in [0.4, 0.5) is 5.82 Å². The van der Waals surface area contributed by atoms with Crippen LogP contribution in [0.2, 0.25) is 0 Å². The van der Waals surface area contributed by atoms with Crippen molar-refractivity contribution in [3.8, 4) is 5.75 Å². The normalized spacial score (nSPS) is 26.9. The van der Waals surface area contributed by atoms with Crippen LogP contribution in [0, 0.1) is 17.0 Å². The SMILES string of the molecule is [O-][n+]1ccccc1N1C[C@H]2CC[C@@H](C1)[C@@H]2Oc1ccccc1. The van der Waals surface area contributed by atoms with Gasteiger partial charge >= 0.3 is 0 Å². The van der Waals surface area contributed by atoms with Crippen molar-refractivity contribution in [2.75, 3.05) is 18.0 Å². The first-order valence-electron chi connectivity index (χ1n) is 7.96. The van der Waals surface area contributed by atoms with Gasteiger partial charge in [0.2, 0.25) is 0 Å². The van der Waals surface area contributed by atoms with Crippen LogP contribution < -0.4 is 14.4 Å². The maximum absolute atomic E-state index is 12.0. The van der Waals surface area contributed by atoms with Crippen LogP contribution in [0.3, 0.4) is 0 Å². The van der Waals surface area contributed by atoms with E-state index in [1.54, 1.807) is 12.3 Å². The Hall–Kier alpha value is -2.23. The van der Waals surface area contributed by atoms with Crippen molar-refractivity contribution in [2.24, 2.45) is 11.8 Å². The number of hydrogen-bond donors (Lipinski definition) is 0. The lowest BCUT2D eigenvalue weighted by Crippen LogP contribution is -2.50. The predicted molar refractivity (Wildman–Crippen MR) is 84.7 cm³/mol. The molecule has 0 radical (unpaired) electrons. The minimum atomic E-state index is 0.280. The van der Waals surface area contributed by atoms with E-state index in [0.717, 1.165) is 29.4 Å². The number of para-hydroxylation sites is 1. The summed E-state index contributed by atoms with van der Waals surface area (Å²) in [5.74, 6) is 2.72. The molecule has 3 atom stereocenters. The number of aromatic nitrogens is 1. The Morgan fingerprint density at radius 3 is 2.32 bits per heavy atom. The first-order chi connectivity index (χ1) is 10.8. The lowest BCUT2D eigenvalue weighted by molar-refractivity contribution is -0.592. The highest BCUT2D eigenvalue weighted by molar-refractivity contribution is 5.35. The third-order valence-corrected chi connectivity index (χ3v) is 4.89. The topological polar surface area (TPSA) is 39.4 Å². The van der Waals surface area contributed by atoms with Gasteiger partial charge in [0.25, 0.3) is 5.82 Å². The first kappa shape index (κ1) is 13.4. The smallest absolute Gasteiger partial charge is 0.279 e. The summed E-state index contributed by atoms with van der Waals surface area (Å²) in [5.41, 5.74) is 0. The number of pyridine rings is 1. The predicted octanol–water partition coefficient (Wildman–Crippen LogP) is 2.61. The maximum atomic E-state index is 12.0. The van der Waals surface area contributed by atoms with Crippen molar-refractivity contribution in [1.82, 2.24) is 0 Å². The molecular weight excluding hydrogens is 276 g/mol. The minimum Gasteiger partial charge on any atom is -0.711 e. The molecule has 1 saturated carbocycles. The standard InChI is InChI=1S/C18H20N2O2/c21-20-11-5-4-8-17(20)19-12-14-9-10-15(13-19)18(14)22-16-6-2-1-3-7-16/h1-8,11,14-15,18H,9-10,12-13H2/t14-,15+,18-. The van der Waals surface area contributed by atoms with Gasteiger partial charge in [-0.2, -0.15) is 0 Å². The van der Waals surface area contributed by atoms with E-state index in [9.17, 15) is 5.21 Å². The van der Waals surface area contributed by atoms with E-state index in [1.165, 1.54) is 12.8 Å². The second kappa shape index (κ2) is 5.52. The molecule has 0 N–H and O–H groups in total. The molecule has 2 fully saturated rings. The van der Waals surface area contributed by atoms with Crippen molar-refractivity contribution in [2.45, 2.75) is 18.9 Å². The molecule has 1 aromatic carbocycles. The lowest BCUT2D eigenvalue weighted by Gasteiger charge is -2.35. The van der Waals surface area contributed by atoms with Gasteiger partial charge < -0.3 is 9.94 Å². The Kier molecular flexibility index (Phi) is 3.37. The van der Waals surface area contributed by atoms with E-state index in [-0.39, 0.29) is 6.10 Å². The van der Waals surface area contributed by atoms with Gasteiger partial charge in [0.15, 0.2) is 0 Å². The van der Waals surface area contributed by atoms with Gasteiger partial charge in [0, 0.05) is 17.9 Å². The molecule has 114 valence electrons. The highest BCUT2D eigenvalue weighted by atomic mass is 16.5. The number of nitrogens with zero attached hydrogens (tertiary/aromatic N) is 2. The van der Waals surface area contributed by atoms with Gasteiger partial charge in [-0.05, 0) is 31.0 Å². The van der Waals surface area contributed by atoms with E-state index in [1.807, 2.05) is 42.5 Å². The van der Waals surface area contributed by atoms with Crippen molar-refractivity contribution < 1.29 is 9.47 Å². The fraction of sp³-hybridized carbons (Fsp3) is 0.389. The fourth-order valence-electron chi connectivity index (χ4n) is 3.87. The number of hydrogen-bond acceptors (Lipinski definition) is 3. The summed E-state index contributed by atoms with van der Waals surface area (Å²) < 4.78 is 7.22. The van der Waals surface area contributed by atoms with Crippen LogP contribution >= 0.6 is 0 Å². The van der Waals surface area contributed by atoms with Crippen LogP contribution in [-0.2, 0) is 0 Å². The van der Waals surface area contributed by atoms with Gasteiger partial charge in [0.1, 0.15) is 11.9 Å². The Morgan fingerprint density at radius 1 is 0.955 bits per heavy atom. The number of ether oxygens (including phenoxy) is 1. The van der Waals surface area contributed by atoms with E-state index < -0.39 is 0 Å². The monoisotopic (exact) mass is 296 g/mol. The van der Waals surface area contributed by atoms with Crippen molar-refractivity contribution >= 4 is 5.82 Å². The molecule has 4 rings (SSSR count). The molecule has 1 aliphatic heterocycles. The van der Waals surface area contributed by atoms with E-state index >= 15 is 0 Å². The molecule has 2 heterocycles. The van der Waals surface area contributed by atoms with Crippen LogP contribution in [-0.4, -0.2) is 19.2 Å². The Balaban J connectivity index is 1.51. The van der Waals surface area contributed by atoms with Crippen LogP contribution in [0.5, 0.6) is 5.75 Å². The lowest BCUT2D eigenvalue weighted by atomic mass is 9.94. The molecule has 4 nitrogen and oxygen atoms in total. The van der Waals surface area contributed by atoms with Crippen molar-refractivity contribution in [3.63, 3.8) is 0 Å². The molecule has 4 heteroatoms. The van der Waals surface area contributed by atoms with Crippen LogP contribution in [0.25, 0.3) is 0 Å². The summed E-state index contributed by atoms with van der Waals surface area (Å²) >= 11 is 0. The molecule has 1 aliphatic carbocycles. The average molecular weight is 296 g/mol. The molecule has 22 heavy (non-hydrogen) atoms. The van der Waals surface area contributed by atoms with Crippen molar-refractivity contribution in [3.05, 3.63) is 59.9 Å². The molecule has 1 saturated heterocycles. The number of benzene rings is 1. The summed E-state index contributed by atoms with van der Waals surface area (Å²) in [5, 5.41) is 12.0. The van der Waals surface area contributed by atoms with E-state index in [0.29, 0.717) is 11.8 Å². The zero-order valence-electron chi connectivity index (χ0n) is 12.5. The molecule has 2 aromatic rings. The zero-order valence-corrected chi connectivity index (χ0v) is 12.5. The first-order valence-corrected chi connectivity index (χ1v) is 7.96. The van der Waals surface area contributed by atoms with Crippen LogP contribution in [0.15, 0.2) is 54.7 Å². The number of rotatable bonds is 3. The molecule has 0 unspecified atom stereocenters. The molecule has 1 aromatic heterocycles. The minimum absolute atomic E-state index is 0.280. The highest BCUT2D eigenvalue weighted by Crippen LogP contribution is 2.40. The van der Waals surface area contributed by atoms with Gasteiger partial charge in [0.05, 0.1) is 19.3 Å². The van der Waals surface area contributed by atoms with E-state index in [2.05, 4.69) is 4.90 Å². The summed E-state index contributed by atoms with van der Waals surface area (Å²) in [4.78, 5) is 2.22. The summed E-state index contributed by atoms with van der Waals surface area (Å²) in [6.45, 7) is 1.81. The third kappa shape index (κ3) is 2.39. The molecule has 0 amide bonds. The second-order valence-corrected chi connectivity index (χ2v) is 6.28. The fourth-order valence-corrected chi connectivity index (χ4v) is 3.87. The third-order valence-electron chi connectivity index (χ3n) is 4.89. The molecular formula is C18H20N2O2. The van der Waals surface area contributed by atoms with Gasteiger partial charge in [-0.3, -0.25) is 4.90 Å². The molecule has 2 aliphatic rings. The zero-order chi connectivity index (χ0) is 14.9. The number of piperidine rings is 1. The highest BCUT2D eigenvalue weighted by Gasteiger charge is 2.47. The van der Waals surface area contributed by atoms with Gasteiger partial charge in [-0.1, -0.05) is 24.3 Å². The maximum Gasteiger partial charge on any atom is 0.279 e. The summed E-state index contributed by atoms with van der Waals surface area (Å²) in [6, 6.07) is 15.7. The van der Waals surface area contributed by atoms with Crippen LogP contribution in [0.1, 0.15) is 12.8 Å². The number of anilines is 1. The Labute approximate surface area is 130 Å². The Bertz CT molecular complexity index is 633. The van der Waals surface area contributed by atoms with E-state index in [4.69, 9.17) is 4.74 Å². The van der Waals surface area contributed by atoms with Crippen molar-refractivity contribution in [1.29, 1.82) is 0 Å². The summed E-state index contributed by atoms with van der Waals surface area (Å²) in [7, 11) is 0.